The minimum absolute atomic E-state index is 0.00858. The molecule has 2 N–H and O–H groups in total. The number of halogens is 6. The van der Waals surface area contributed by atoms with Crippen molar-refractivity contribution < 1.29 is 31.1 Å². The van der Waals surface area contributed by atoms with E-state index < -0.39 is 35.6 Å². The number of nitrogens with one attached hydrogen (secondary N) is 2. The average Bonchev–Trinajstić information content (AvgIpc) is 3.14. The van der Waals surface area contributed by atoms with E-state index in [0.717, 1.165) is 13.0 Å². The summed E-state index contributed by atoms with van der Waals surface area (Å²) in [5, 5.41) is 2.26. The van der Waals surface area contributed by atoms with Gasteiger partial charge in [0.15, 0.2) is 17.5 Å². The highest BCUT2D eigenvalue weighted by atomic mass is 19.4. The van der Waals surface area contributed by atoms with E-state index in [9.17, 15) is 31.1 Å². The Bertz CT molecular complexity index is 1330. The SMILES string of the molecule is CC(NC(=O)c1cccc2nc(-c3c[nH]c4c(F)c(F)c(F)cc34)ccc12)C(F)(F)F. The van der Waals surface area contributed by atoms with Crippen molar-refractivity contribution in [2.24, 2.45) is 0 Å². The van der Waals surface area contributed by atoms with Crippen LogP contribution >= 0.6 is 0 Å². The zero-order valence-electron chi connectivity index (χ0n) is 15.7. The molecule has 1 amide bonds. The van der Waals surface area contributed by atoms with Gasteiger partial charge in [-0.05, 0) is 37.3 Å². The smallest absolute Gasteiger partial charge is 0.358 e. The lowest BCUT2D eigenvalue weighted by molar-refractivity contribution is -0.149. The Balaban J connectivity index is 1.77. The fraction of sp³-hybridized carbons (Fsp3) is 0.143. The molecule has 4 rings (SSSR count). The van der Waals surface area contributed by atoms with Crippen LogP contribution in [0.2, 0.25) is 0 Å². The van der Waals surface area contributed by atoms with E-state index in [1.54, 1.807) is 6.07 Å². The van der Waals surface area contributed by atoms with Crippen LogP contribution in [0.3, 0.4) is 0 Å². The molecule has 31 heavy (non-hydrogen) atoms. The minimum atomic E-state index is -4.59. The maximum atomic E-state index is 14.0. The molecule has 0 aliphatic rings. The molecule has 1 atom stereocenters. The molecule has 0 bridgehead atoms. The van der Waals surface area contributed by atoms with E-state index in [1.807, 2.05) is 5.32 Å². The molecule has 0 aliphatic carbocycles. The number of amides is 1. The summed E-state index contributed by atoms with van der Waals surface area (Å²) in [5.41, 5.74) is 0.596. The first kappa shape index (κ1) is 20.7. The van der Waals surface area contributed by atoms with Crippen molar-refractivity contribution >= 4 is 27.7 Å². The Morgan fingerprint density at radius 1 is 1.06 bits per heavy atom. The number of aromatic nitrogens is 2. The first-order chi connectivity index (χ1) is 14.6. The molecule has 2 heterocycles. The van der Waals surface area contributed by atoms with Crippen molar-refractivity contribution in [3.05, 3.63) is 65.6 Å². The Morgan fingerprint density at radius 3 is 2.52 bits per heavy atom. The van der Waals surface area contributed by atoms with E-state index in [-0.39, 0.29) is 33.2 Å². The number of hydrogen-bond donors (Lipinski definition) is 2. The predicted octanol–water partition coefficient (Wildman–Crippen LogP) is 5.48. The number of benzene rings is 2. The monoisotopic (exact) mass is 437 g/mol. The van der Waals surface area contributed by atoms with Crippen LogP contribution in [0, 0.1) is 17.5 Å². The minimum Gasteiger partial charge on any atom is -0.358 e. The van der Waals surface area contributed by atoms with Gasteiger partial charge in [0.2, 0.25) is 0 Å². The molecule has 4 nitrogen and oxygen atoms in total. The zero-order valence-corrected chi connectivity index (χ0v) is 15.7. The molecule has 0 spiro atoms. The number of hydrogen-bond acceptors (Lipinski definition) is 2. The molecule has 4 aromatic rings. The highest BCUT2D eigenvalue weighted by Gasteiger charge is 2.37. The van der Waals surface area contributed by atoms with Gasteiger partial charge < -0.3 is 10.3 Å². The molecule has 2 aromatic heterocycles. The second-order valence-corrected chi connectivity index (χ2v) is 6.92. The molecule has 0 fully saturated rings. The first-order valence-corrected chi connectivity index (χ1v) is 9.00. The summed E-state index contributed by atoms with van der Waals surface area (Å²) < 4.78 is 79.4. The summed E-state index contributed by atoms with van der Waals surface area (Å²) in [6.07, 6.45) is -3.26. The number of nitrogens with zero attached hydrogens (tertiary/aromatic N) is 1. The number of alkyl halides is 3. The average molecular weight is 437 g/mol. The lowest BCUT2D eigenvalue weighted by Gasteiger charge is -2.17. The standard InChI is InChI=1S/C21H13F6N3O/c1-9(21(25,26)27)29-20(31)11-3-2-4-15-10(11)5-6-16(30-15)13-8-28-19-12(13)7-14(22)17(23)18(19)24/h2-9,28H,1H3,(H,29,31). The molecule has 2 aromatic carbocycles. The van der Waals surface area contributed by atoms with Crippen molar-refractivity contribution in [3.8, 4) is 11.3 Å². The van der Waals surface area contributed by atoms with Crippen LogP contribution in [0.15, 0.2) is 42.6 Å². The fourth-order valence-corrected chi connectivity index (χ4v) is 3.24. The lowest BCUT2D eigenvalue weighted by Crippen LogP contribution is -2.43. The van der Waals surface area contributed by atoms with Gasteiger partial charge in [0.05, 0.1) is 16.7 Å². The highest BCUT2D eigenvalue weighted by molar-refractivity contribution is 6.07. The summed E-state index contributed by atoms with van der Waals surface area (Å²) in [6.45, 7) is 0.831. The largest absolute Gasteiger partial charge is 0.408 e. The van der Waals surface area contributed by atoms with Crippen molar-refractivity contribution in [2.45, 2.75) is 19.1 Å². The van der Waals surface area contributed by atoms with Crippen LogP contribution in [0.25, 0.3) is 33.1 Å². The van der Waals surface area contributed by atoms with Crippen LogP contribution in [0.1, 0.15) is 17.3 Å². The van der Waals surface area contributed by atoms with Gasteiger partial charge in [-0.25, -0.2) is 18.2 Å². The second kappa shape index (κ2) is 7.29. The third-order valence-corrected chi connectivity index (χ3v) is 4.90. The van der Waals surface area contributed by atoms with E-state index in [4.69, 9.17) is 0 Å². The molecule has 0 aliphatic heterocycles. The third kappa shape index (κ3) is 3.58. The number of carbonyl (C=O) groups excluding carboxylic acids is 1. The lowest BCUT2D eigenvalue weighted by atomic mass is 10.0. The molecule has 10 heteroatoms. The second-order valence-electron chi connectivity index (χ2n) is 6.92. The van der Waals surface area contributed by atoms with Crippen LogP contribution < -0.4 is 5.32 Å². The third-order valence-electron chi connectivity index (χ3n) is 4.90. The summed E-state index contributed by atoms with van der Waals surface area (Å²) in [6, 6.07) is 6.08. The number of pyridine rings is 1. The van der Waals surface area contributed by atoms with Crippen molar-refractivity contribution in [1.82, 2.24) is 15.3 Å². The summed E-state index contributed by atoms with van der Waals surface area (Å²) in [7, 11) is 0. The van der Waals surface area contributed by atoms with Crippen LogP contribution in [-0.2, 0) is 0 Å². The molecule has 1 unspecified atom stereocenters. The molecule has 160 valence electrons. The summed E-state index contributed by atoms with van der Waals surface area (Å²) >= 11 is 0. The normalized spacial score (nSPS) is 13.0. The molecular weight excluding hydrogens is 424 g/mol. The van der Waals surface area contributed by atoms with Crippen molar-refractivity contribution in [1.29, 1.82) is 0 Å². The Hall–Kier alpha value is -3.56. The highest BCUT2D eigenvalue weighted by Crippen LogP contribution is 2.32. The van der Waals surface area contributed by atoms with E-state index in [0.29, 0.717) is 5.39 Å². The maximum Gasteiger partial charge on any atom is 0.408 e. The maximum absolute atomic E-state index is 14.0. The number of rotatable bonds is 3. The molecule has 0 saturated heterocycles. The van der Waals surface area contributed by atoms with Gasteiger partial charge in [0, 0.05) is 28.1 Å². The van der Waals surface area contributed by atoms with Gasteiger partial charge in [0.25, 0.3) is 5.91 Å². The van der Waals surface area contributed by atoms with Gasteiger partial charge in [-0.3, -0.25) is 4.79 Å². The van der Waals surface area contributed by atoms with Gasteiger partial charge in [0.1, 0.15) is 6.04 Å². The van der Waals surface area contributed by atoms with E-state index in [1.165, 1.54) is 30.5 Å². The first-order valence-electron chi connectivity index (χ1n) is 9.00. The summed E-state index contributed by atoms with van der Waals surface area (Å²) in [5.74, 6) is -5.24. The topological polar surface area (TPSA) is 57.8 Å². The molecule has 0 saturated carbocycles. The van der Waals surface area contributed by atoms with Crippen molar-refractivity contribution in [2.75, 3.05) is 0 Å². The summed E-state index contributed by atoms with van der Waals surface area (Å²) in [4.78, 5) is 19.3. The van der Waals surface area contributed by atoms with Crippen molar-refractivity contribution in [3.63, 3.8) is 0 Å². The van der Waals surface area contributed by atoms with Gasteiger partial charge in [-0.1, -0.05) is 6.07 Å². The zero-order chi connectivity index (χ0) is 22.5. The number of H-pyrrole nitrogens is 1. The van der Waals surface area contributed by atoms with Crippen LogP contribution in [0.4, 0.5) is 26.3 Å². The molecular formula is C21H13F6N3O. The Kier molecular flexibility index (Phi) is 4.87. The Morgan fingerprint density at radius 2 is 1.81 bits per heavy atom. The van der Waals surface area contributed by atoms with Gasteiger partial charge in [-0.15, -0.1) is 0 Å². The fourth-order valence-electron chi connectivity index (χ4n) is 3.24. The van der Waals surface area contributed by atoms with Gasteiger partial charge >= 0.3 is 6.18 Å². The van der Waals surface area contributed by atoms with E-state index in [2.05, 4.69) is 9.97 Å². The van der Waals surface area contributed by atoms with Gasteiger partial charge in [-0.2, -0.15) is 13.2 Å². The van der Waals surface area contributed by atoms with Crippen LogP contribution in [-0.4, -0.2) is 28.1 Å². The quantitative estimate of drug-likeness (QED) is 0.329. The number of fused-ring (bicyclic) bond motifs is 2. The number of aromatic amines is 1. The van der Waals surface area contributed by atoms with E-state index >= 15 is 0 Å². The molecule has 0 radical (unpaired) electrons. The predicted molar refractivity (Wildman–Crippen MR) is 102 cm³/mol. The Labute approximate surface area is 170 Å². The van der Waals surface area contributed by atoms with Crippen LogP contribution in [0.5, 0.6) is 0 Å². The number of carbonyl (C=O) groups is 1.